The van der Waals surface area contributed by atoms with Crippen LogP contribution in [0.4, 0.5) is 0 Å². The molecule has 40 heavy (non-hydrogen) atoms. The van der Waals surface area contributed by atoms with Gasteiger partial charge in [-0.15, -0.1) is 0 Å². The van der Waals surface area contributed by atoms with E-state index in [1.165, 1.54) is 5.56 Å². The molecular weight excluding hydrogens is 506 g/mol. The number of ether oxygens (including phenoxy) is 1. The molecule has 0 aliphatic carbocycles. The van der Waals surface area contributed by atoms with Gasteiger partial charge in [0.25, 0.3) is 5.91 Å². The van der Waals surface area contributed by atoms with E-state index in [1.54, 1.807) is 0 Å². The molecule has 2 aliphatic rings. The second-order valence-electron chi connectivity index (χ2n) is 11.5. The van der Waals surface area contributed by atoms with Crippen LogP contribution >= 0.6 is 0 Å². The minimum absolute atomic E-state index is 0.139. The van der Waals surface area contributed by atoms with E-state index in [0.717, 1.165) is 54.8 Å². The zero-order valence-corrected chi connectivity index (χ0v) is 24.2. The highest BCUT2D eigenvalue weighted by Gasteiger charge is 2.43. The van der Waals surface area contributed by atoms with Gasteiger partial charge in [0, 0.05) is 31.4 Å². The summed E-state index contributed by atoms with van der Waals surface area (Å²) in [5.41, 5.74) is 3.83. The molecule has 0 unspecified atom stereocenters. The van der Waals surface area contributed by atoms with Gasteiger partial charge in [0.05, 0.1) is 24.2 Å². The van der Waals surface area contributed by atoms with Crippen molar-refractivity contribution in [2.45, 2.75) is 72.3 Å². The molecule has 9 heteroatoms. The van der Waals surface area contributed by atoms with Crippen molar-refractivity contribution in [2.24, 2.45) is 5.41 Å². The van der Waals surface area contributed by atoms with Crippen molar-refractivity contribution >= 4 is 11.8 Å². The van der Waals surface area contributed by atoms with Gasteiger partial charge in [0.1, 0.15) is 18.1 Å². The number of amides is 2. The predicted molar refractivity (Wildman–Crippen MR) is 151 cm³/mol. The number of likely N-dealkylation sites (tertiary alicyclic amines) is 1. The minimum atomic E-state index is -0.460. The first-order valence-electron chi connectivity index (χ1n) is 14.5. The SMILES string of the molecule is Cc1cc(C)n(Cc2c(C(=O)N3CCC4(CCCCCc5ccccc5OCCN(C)C4=O)CC3)noc2C)n1. The Hall–Kier alpha value is -3.62. The van der Waals surface area contributed by atoms with Crippen LogP contribution in [0.3, 0.4) is 0 Å². The molecule has 9 nitrogen and oxygen atoms in total. The number of benzene rings is 1. The van der Waals surface area contributed by atoms with Crippen molar-refractivity contribution in [1.29, 1.82) is 0 Å². The van der Waals surface area contributed by atoms with Gasteiger partial charge in [-0.25, -0.2) is 0 Å². The molecule has 0 N–H and O–H groups in total. The number of likely N-dealkylation sites (N-methyl/N-ethyl adjacent to an activating group) is 1. The Morgan fingerprint density at radius 3 is 2.55 bits per heavy atom. The van der Waals surface area contributed by atoms with Crippen molar-refractivity contribution in [1.82, 2.24) is 24.7 Å². The van der Waals surface area contributed by atoms with E-state index in [2.05, 4.69) is 22.4 Å². The van der Waals surface area contributed by atoms with Crippen molar-refractivity contribution in [3.05, 3.63) is 64.3 Å². The smallest absolute Gasteiger partial charge is 0.276 e. The molecule has 1 fully saturated rings. The van der Waals surface area contributed by atoms with E-state index in [4.69, 9.17) is 9.26 Å². The fourth-order valence-electron chi connectivity index (χ4n) is 6.19. The summed E-state index contributed by atoms with van der Waals surface area (Å²) in [6, 6.07) is 10.2. The Labute approximate surface area is 236 Å². The van der Waals surface area contributed by atoms with Crippen molar-refractivity contribution in [3.8, 4) is 5.75 Å². The van der Waals surface area contributed by atoms with Gasteiger partial charge < -0.3 is 19.1 Å². The summed E-state index contributed by atoms with van der Waals surface area (Å²) in [6.07, 6.45) is 6.22. The predicted octanol–water partition coefficient (Wildman–Crippen LogP) is 4.72. The summed E-state index contributed by atoms with van der Waals surface area (Å²) in [7, 11) is 1.87. The van der Waals surface area contributed by atoms with E-state index in [9.17, 15) is 9.59 Å². The van der Waals surface area contributed by atoms with E-state index >= 15 is 0 Å². The third kappa shape index (κ3) is 5.78. The average Bonchev–Trinajstić information content (AvgIpc) is 3.48. The Kier molecular flexibility index (Phi) is 8.28. The first kappa shape index (κ1) is 27.9. The normalized spacial score (nSPS) is 18.4. The highest BCUT2D eigenvalue weighted by molar-refractivity contribution is 5.94. The van der Waals surface area contributed by atoms with Crippen LogP contribution < -0.4 is 4.74 Å². The van der Waals surface area contributed by atoms with Crippen LogP contribution in [-0.2, 0) is 17.8 Å². The molecule has 0 saturated carbocycles. The lowest BCUT2D eigenvalue weighted by Crippen LogP contribution is -2.51. The largest absolute Gasteiger partial charge is 0.491 e. The molecule has 1 aromatic carbocycles. The van der Waals surface area contributed by atoms with E-state index in [-0.39, 0.29) is 11.8 Å². The summed E-state index contributed by atoms with van der Waals surface area (Å²) < 4.78 is 13.4. The molecule has 1 saturated heterocycles. The van der Waals surface area contributed by atoms with Crippen LogP contribution in [0.15, 0.2) is 34.9 Å². The topological polar surface area (TPSA) is 93.7 Å². The van der Waals surface area contributed by atoms with Crippen LogP contribution in [0.25, 0.3) is 0 Å². The van der Waals surface area contributed by atoms with Crippen LogP contribution in [0, 0.1) is 26.2 Å². The highest BCUT2D eigenvalue weighted by atomic mass is 16.5. The molecule has 2 amide bonds. The summed E-state index contributed by atoms with van der Waals surface area (Å²) in [4.78, 5) is 31.1. The molecule has 214 valence electrons. The number of nitrogens with zero attached hydrogens (tertiary/aromatic N) is 5. The van der Waals surface area contributed by atoms with Gasteiger partial charge in [-0.05, 0) is 70.6 Å². The second-order valence-corrected chi connectivity index (χ2v) is 11.5. The summed E-state index contributed by atoms with van der Waals surface area (Å²) in [5, 5.41) is 8.70. The molecule has 1 spiro atoms. The van der Waals surface area contributed by atoms with Crippen LogP contribution in [0.2, 0.25) is 0 Å². The number of carbonyl (C=O) groups excluding carboxylic acids is 2. The third-order valence-corrected chi connectivity index (χ3v) is 8.66. The van der Waals surface area contributed by atoms with Gasteiger partial charge in [-0.3, -0.25) is 14.3 Å². The summed E-state index contributed by atoms with van der Waals surface area (Å²) in [5.74, 6) is 1.57. The average molecular weight is 548 g/mol. The maximum Gasteiger partial charge on any atom is 0.276 e. The first-order valence-corrected chi connectivity index (χ1v) is 14.5. The van der Waals surface area contributed by atoms with Crippen LogP contribution in [0.1, 0.15) is 77.3 Å². The maximum absolute atomic E-state index is 13.8. The number of aromatic nitrogens is 3. The maximum atomic E-state index is 13.8. The van der Waals surface area contributed by atoms with Gasteiger partial charge in [-0.1, -0.05) is 36.2 Å². The number of aryl methyl sites for hydroxylation is 4. The second kappa shape index (κ2) is 11.9. The molecule has 0 atom stereocenters. The Bertz CT molecular complexity index is 1350. The zero-order chi connectivity index (χ0) is 28.3. The standard InChI is InChI=1S/C31H41N5O4/c1-22-20-23(2)36(32-22)21-26-24(3)40-33-28(26)29(37)35-16-14-31(15-17-35)13-9-5-6-10-25-11-7-8-12-27(25)39-19-18-34(4)30(31)38/h7-8,11-12,20H,5-6,9-10,13-19,21H2,1-4H3. The molecule has 4 heterocycles. The lowest BCUT2D eigenvalue weighted by Gasteiger charge is -2.42. The summed E-state index contributed by atoms with van der Waals surface area (Å²) in [6.45, 7) is 8.25. The fraction of sp³-hybridized carbons (Fsp3) is 0.548. The van der Waals surface area contributed by atoms with E-state index in [0.29, 0.717) is 57.1 Å². The van der Waals surface area contributed by atoms with Crippen molar-refractivity contribution in [2.75, 3.05) is 33.3 Å². The van der Waals surface area contributed by atoms with E-state index in [1.807, 2.05) is 60.5 Å². The Balaban J connectivity index is 1.27. The Morgan fingerprint density at radius 2 is 1.80 bits per heavy atom. The zero-order valence-electron chi connectivity index (χ0n) is 24.2. The van der Waals surface area contributed by atoms with Gasteiger partial charge in [0.2, 0.25) is 5.91 Å². The highest BCUT2D eigenvalue weighted by Crippen LogP contribution is 2.39. The van der Waals surface area contributed by atoms with Gasteiger partial charge in [-0.2, -0.15) is 5.10 Å². The number of fused-ring (bicyclic) bond motifs is 1. The fourth-order valence-corrected chi connectivity index (χ4v) is 6.19. The molecular formula is C31H41N5O4. The molecule has 5 rings (SSSR count). The number of hydrogen-bond acceptors (Lipinski definition) is 6. The first-order chi connectivity index (χ1) is 19.3. The quantitative estimate of drug-likeness (QED) is 0.471. The molecule has 2 aromatic heterocycles. The van der Waals surface area contributed by atoms with Gasteiger partial charge in [0.15, 0.2) is 5.69 Å². The molecule has 0 radical (unpaired) electrons. The van der Waals surface area contributed by atoms with Crippen LogP contribution in [-0.4, -0.2) is 69.8 Å². The lowest BCUT2D eigenvalue weighted by molar-refractivity contribution is -0.144. The monoisotopic (exact) mass is 547 g/mol. The number of piperidine rings is 1. The molecule has 2 aliphatic heterocycles. The number of rotatable bonds is 3. The van der Waals surface area contributed by atoms with E-state index < -0.39 is 5.41 Å². The van der Waals surface area contributed by atoms with Crippen LogP contribution in [0.5, 0.6) is 5.75 Å². The molecule has 0 bridgehead atoms. The van der Waals surface area contributed by atoms with Gasteiger partial charge >= 0.3 is 0 Å². The lowest BCUT2D eigenvalue weighted by atomic mass is 9.73. The molecule has 3 aromatic rings. The summed E-state index contributed by atoms with van der Waals surface area (Å²) >= 11 is 0. The third-order valence-electron chi connectivity index (χ3n) is 8.66. The number of para-hydroxylation sites is 1. The number of hydrogen-bond donors (Lipinski definition) is 0. The minimum Gasteiger partial charge on any atom is -0.491 e. The Morgan fingerprint density at radius 1 is 1.02 bits per heavy atom. The van der Waals surface area contributed by atoms with Crippen molar-refractivity contribution in [3.63, 3.8) is 0 Å². The number of carbonyl (C=O) groups is 2. The van der Waals surface area contributed by atoms with Crippen molar-refractivity contribution < 1.29 is 18.8 Å².